The number of nitrogens with zero attached hydrogens (tertiary/aromatic N) is 1. The van der Waals surface area contributed by atoms with Crippen molar-refractivity contribution in [3.63, 3.8) is 0 Å². The summed E-state index contributed by atoms with van der Waals surface area (Å²) in [5.41, 5.74) is 3.72. The molecular formula is C31H32N4O6S2. The number of alkyl carbamates (subject to hydrolysis) is 1. The smallest absolute Gasteiger partial charge is 0.412 e. The van der Waals surface area contributed by atoms with Gasteiger partial charge in [0.2, 0.25) is 5.91 Å². The number of amides is 2. The zero-order chi connectivity index (χ0) is 30.8. The topological polar surface area (TPSA) is 147 Å². The Labute approximate surface area is 254 Å². The summed E-state index contributed by atoms with van der Waals surface area (Å²) < 4.78 is 38.4. The van der Waals surface area contributed by atoms with Crippen molar-refractivity contribution in [2.75, 3.05) is 4.72 Å². The fourth-order valence-electron chi connectivity index (χ4n) is 4.45. The third-order valence-corrected chi connectivity index (χ3v) is 8.18. The van der Waals surface area contributed by atoms with E-state index < -0.39 is 34.4 Å². The van der Waals surface area contributed by atoms with E-state index in [0.717, 1.165) is 33.5 Å². The molecule has 0 saturated carbocycles. The lowest BCUT2D eigenvalue weighted by Gasteiger charge is -2.22. The van der Waals surface area contributed by atoms with Gasteiger partial charge in [0.15, 0.2) is 0 Å². The van der Waals surface area contributed by atoms with Crippen molar-refractivity contribution < 1.29 is 27.3 Å². The maximum absolute atomic E-state index is 13.8. The van der Waals surface area contributed by atoms with E-state index >= 15 is 0 Å². The molecule has 43 heavy (non-hydrogen) atoms. The standard InChI is InChI=1S/C31H32N4O6S2/c1-3-25-28(23-13-9-6-10-14-23)42-30(33-25)27(20-22-15-17-24(18-16-22)35-43(38,39)40)32-29(36)26(34-31(37)41-4-2)19-21-11-7-5-8-12-21/h4-18,26-27,35H,2-3,19-20H2,1H3,(H,32,36)(H,34,37)(H,38,39,40)/t26-,27-/m0/s1. The molecule has 0 radical (unpaired) electrons. The van der Waals surface area contributed by atoms with Gasteiger partial charge in [-0.2, -0.15) is 8.42 Å². The molecule has 4 rings (SSSR count). The van der Waals surface area contributed by atoms with Crippen LogP contribution in [-0.4, -0.2) is 36.0 Å². The number of aryl methyl sites for hydroxylation is 1. The van der Waals surface area contributed by atoms with Crippen LogP contribution < -0.4 is 15.4 Å². The fraction of sp³-hybridized carbons (Fsp3) is 0.194. The molecule has 1 heterocycles. The minimum absolute atomic E-state index is 0.188. The summed E-state index contributed by atoms with van der Waals surface area (Å²) in [4.78, 5) is 32.0. The minimum Gasteiger partial charge on any atom is -0.419 e. The molecule has 12 heteroatoms. The molecule has 1 aromatic heterocycles. The van der Waals surface area contributed by atoms with Crippen LogP contribution in [0.1, 0.15) is 34.8 Å². The summed E-state index contributed by atoms with van der Waals surface area (Å²) in [6.07, 6.45) is 1.40. The molecule has 4 N–H and O–H groups in total. The van der Waals surface area contributed by atoms with Gasteiger partial charge in [0.05, 0.1) is 28.6 Å². The highest BCUT2D eigenvalue weighted by molar-refractivity contribution is 7.87. The molecule has 2 atom stereocenters. The highest BCUT2D eigenvalue weighted by Crippen LogP contribution is 2.34. The van der Waals surface area contributed by atoms with Crippen molar-refractivity contribution in [3.8, 4) is 10.4 Å². The summed E-state index contributed by atoms with van der Waals surface area (Å²) >= 11 is 1.48. The molecule has 0 aliphatic heterocycles. The largest absolute Gasteiger partial charge is 0.419 e. The van der Waals surface area contributed by atoms with Crippen LogP contribution in [0.15, 0.2) is 97.8 Å². The van der Waals surface area contributed by atoms with Crippen LogP contribution in [-0.2, 0) is 39.1 Å². The molecule has 3 aromatic carbocycles. The van der Waals surface area contributed by atoms with E-state index in [0.29, 0.717) is 17.8 Å². The maximum atomic E-state index is 13.8. The van der Waals surface area contributed by atoms with E-state index in [1.54, 1.807) is 12.1 Å². The molecule has 10 nitrogen and oxygen atoms in total. The molecule has 224 valence electrons. The molecule has 0 fully saturated rings. The number of hydrogen-bond acceptors (Lipinski definition) is 7. The average molecular weight is 621 g/mol. The van der Waals surface area contributed by atoms with Gasteiger partial charge in [0.25, 0.3) is 0 Å². The van der Waals surface area contributed by atoms with E-state index in [2.05, 4.69) is 17.2 Å². The van der Waals surface area contributed by atoms with Crippen molar-refractivity contribution in [1.82, 2.24) is 15.6 Å². The van der Waals surface area contributed by atoms with Crippen LogP contribution in [0.25, 0.3) is 10.4 Å². The normalized spacial score (nSPS) is 12.5. The van der Waals surface area contributed by atoms with Crippen LogP contribution in [0, 0.1) is 0 Å². The van der Waals surface area contributed by atoms with Crippen LogP contribution in [0.4, 0.5) is 10.5 Å². The predicted octanol–water partition coefficient (Wildman–Crippen LogP) is 5.47. The highest BCUT2D eigenvalue weighted by Gasteiger charge is 2.27. The first kappa shape index (κ1) is 31.4. The number of rotatable bonds is 13. The van der Waals surface area contributed by atoms with E-state index in [9.17, 15) is 18.0 Å². The third-order valence-electron chi connectivity index (χ3n) is 6.42. The van der Waals surface area contributed by atoms with Crippen LogP contribution in [0.3, 0.4) is 0 Å². The number of hydrogen-bond donors (Lipinski definition) is 4. The minimum atomic E-state index is -4.42. The van der Waals surface area contributed by atoms with Crippen molar-refractivity contribution in [1.29, 1.82) is 0 Å². The first-order valence-corrected chi connectivity index (χ1v) is 15.7. The molecule has 0 spiro atoms. The number of thiazole rings is 1. The van der Waals surface area contributed by atoms with E-state index in [1.807, 2.05) is 72.3 Å². The summed E-state index contributed by atoms with van der Waals surface area (Å²) in [5, 5.41) is 6.38. The molecule has 2 amide bonds. The Morgan fingerprint density at radius 2 is 1.58 bits per heavy atom. The number of ether oxygens (including phenoxy) is 1. The van der Waals surface area contributed by atoms with Crippen molar-refractivity contribution >= 4 is 39.3 Å². The Bertz CT molecular complexity index is 1640. The Morgan fingerprint density at radius 1 is 0.953 bits per heavy atom. The number of aromatic nitrogens is 1. The average Bonchev–Trinajstić information content (AvgIpc) is 3.42. The lowest BCUT2D eigenvalue weighted by Crippen LogP contribution is -2.49. The van der Waals surface area contributed by atoms with E-state index in [4.69, 9.17) is 14.3 Å². The Hall–Kier alpha value is -4.52. The lowest BCUT2D eigenvalue weighted by atomic mass is 10.0. The molecule has 0 aliphatic rings. The molecule has 0 bridgehead atoms. The monoisotopic (exact) mass is 620 g/mol. The molecular weight excluding hydrogens is 588 g/mol. The van der Waals surface area contributed by atoms with Gasteiger partial charge in [-0.1, -0.05) is 86.3 Å². The molecule has 0 unspecified atom stereocenters. The number of nitrogens with one attached hydrogen (secondary N) is 3. The Balaban J connectivity index is 1.67. The maximum Gasteiger partial charge on any atom is 0.412 e. The second-order valence-electron chi connectivity index (χ2n) is 9.55. The summed E-state index contributed by atoms with van der Waals surface area (Å²) in [6.45, 7) is 5.42. The first-order valence-electron chi connectivity index (χ1n) is 13.5. The lowest BCUT2D eigenvalue weighted by molar-refractivity contribution is -0.123. The van der Waals surface area contributed by atoms with Crippen LogP contribution in [0.2, 0.25) is 0 Å². The Morgan fingerprint density at radius 3 is 2.19 bits per heavy atom. The summed E-state index contributed by atoms with van der Waals surface area (Å²) in [7, 11) is -4.42. The van der Waals surface area contributed by atoms with Gasteiger partial charge < -0.3 is 15.4 Å². The van der Waals surface area contributed by atoms with Gasteiger partial charge in [0, 0.05) is 6.42 Å². The zero-order valence-electron chi connectivity index (χ0n) is 23.4. The van der Waals surface area contributed by atoms with Gasteiger partial charge in [-0.25, -0.2) is 9.78 Å². The van der Waals surface area contributed by atoms with Gasteiger partial charge in [0.1, 0.15) is 11.0 Å². The van der Waals surface area contributed by atoms with Gasteiger partial charge in [-0.05, 0) is 41.7 Å². The summed E-state index contributed by atoms with van der Waals surface area (Å²) in [5.74, 6) is -0.436. The van der Waals surface area contributed by atoms with Crippen LogP contribution >= 0.6 is 11.3 Å². The van der Waals surface area contributed by atoms with Crippen molar-refractivity contribution in [2.24, 2.45) is 0 Å². The molecule has 0 saturated heterocycles. The van der Waals surface area contributed by atoms with Crippen molar-refractivity contribution in [2.45, 2.75) is 38.3 Å². The Kier molecular flexibility index (Phi) is 10.7. The second kappa shape index (κ2) is 14.6. The SMILES string of the molecule is C=COC(=O)N[C@@H](Cc1ccccc1)C(=O)N[C@@H](Cc1ccc(NS(=O)(=O)O)cc1)c1nc(CC)c(-c2ccccc2)s1. The van der Waals surface area contributed by atoms with E-state index in [-0.39, 0.29) is 12.1 Å². The molecule has 0 aliphatic carbocycles. The number of carbonyl (C=O) groups is 2. The van der Waals surface area contributed by atoms with Crippen LogP contribution in [0.5, 0.6) is 0 Å². The number of benzene rings is 3. The summed E-state index contributed by atoms with van der Waals surface area (Å²) in [6, 6.07) is 24.0. The quantitative estimate of drug-likeness (QED) is 0.115. The fourth-order valence-corrected chi connectivity index (χ4v) is 6.10. The van der Waals surface area contributed by atoms with Gasteiger partial charge in [-0.3, -0.25) is 14.1 Å². The van der Waals surface area contributed by atoms with Crippen molar-refractivity contribution in [3.05, 3.63) is 120 Å². The number of anilines is 1. The third kappa shape index (κ3) is 9.23. The zero-order valence-corrected chi connectivity index (χ0v) is 25.0. The number of carbonyl (C=O) groups excluding carboxylic acids is 2. The van der Waals surface area contributed by atoms with E-state index in [1.165, 1.54) is 23.5 Å². The molecule has 4 aromatic rings. The van der Waals surface area contributed by atoms with Gasteiger partial charge in [-0.15, -0.1) is 11.3 Å². The van der Waals surface area contributed by atoms with Gasteiger partial charge >= 0.3 is 16.4 Å². The first-order chi connectivity index (χ1) is 20.6. The predicted molar refractivity (Wildman–Crippen MR) is 167 cm³/mol. The second-order valence-corrected chi connectivity index (χ2v) is 11.7. The highest BCUT2D eigenvalue weighted by atomic mass is 32.2.